The van der Waals surface area contributed by atoms with Gasteiger partial charge in [0.15, 0.2) is 4.87 Å². The number of cyclic esters (lactones) is 1. The van der Waals surface area contributed by atoms with E-state index in [0.717, 1.165) is 18.4 Å². The second kappa shape index (κ2) is 3.49. The van der Waals surface area contributed by atoms with Gasteiger partial charge >= 0.3 is 5.97 Å². The van der Waals surface area contributed by atoms with Crippen molar-refractivity contribution < 1.29 is 9.53 Å². The predicted octanol–water partition coefficient (Wildman–Crippen LogP) is 2.71. The number of carbonyl (C=O) groups excluding carboxylic acids is 1. The van der Waals surface area contributed by atoms with Gasteiger partial charge < -0.3 is 4.74 Å². The molecule has 1 aromatic carbocycles. The third kappa shape index (κ3) is 1.29. The second-order valence-corrected chi connectivity index (χ2v) is 5.17. The molecule has 1 aliphatic carbocycles. The largest absolute Gasteiger partial charge is 0.464 e. The summed E-state index contributed by atoms with van der Waals surface area (Å²) in [7, 11) is 0. The molecule has 1 saturated carbocycles. The molecule has 0 unspecified atom stereocenters. The number of hydrogen-bond acceptors (Lipinski definition) is 2. The lowest BCUT2D eigenvalue weighted by Crippen LogP contribution is -2.21. The van der Waals surface area contributed by atoms with Crippen LogP contribution in [0, 0.1) is 5.92 Å². The summed E-state index contributed by atoms with van der Waals surface area (Å²) >= 11 is 6.43. The fourth-order valence-electron chi connectivity index (χ4n) is 2.79. The van der Waals surface area contributed by atoms with Gasteiger partial charge in [0.1, 0.15) is 0 Å². The minimum atomic E-state index is -0.780. The van der Waals surface area contributed by atoms with E-state index in [4.69, 9.17) is 16.3 Å². The molecule has 2 fully saturated rings. The lowest BCUT2D eigenvalue weighted by Gasteiger charge is -2.08. The summed E-state index contributed by atoms with van der Waals surface area (Å²) in [5, 5.41) is 0. The summed E-state index contributed by atoms with van der Waals surface area (Å²) in [6.07, 6.45) is 1.91. The van der Waals surface area contributed by atoms with Crippen molar-refractivity contribution in [3.63, 3.8) is 0 Å². The average molecular weight is 237 g/mol. The van der Waals surface area contributed by atoms with Crippen LogP contribution < -0.4 is 0 Å². The Balaban J connectivity index is 1.93. The summed E-state index contributed by atoms with van der Waals surface area (Å²) in [6.45, 7) is 0.519. The number of carbonyl (C=O) groups is 1. The van der Waals surface area contributed by atoms with E-state index in [1.807, 2.05) is 30.3 Å². The SMILES string of the molecule is O=C1OCCC[C@@H]2[C@@H](c3ccccc3)[C@]12Cl. The molecule has 2 aliphatic rings. The Bertz CT molecular complexity index is 417. The molecule has 3 atom stereocenters. The van der Waals surface area contributed by atoms with Crippen LogP contribution in [0.1, 0.15) is 24.3 Å². The first kappa shape index (κ1) is 10.2. The predicted molar refractivity (Wildman–Crippen MR) is 61.5 cm³/mol. The summed E-state index contributed by atoms with van der Waals surface area (Å²) in [6, 6.07) is 10.0. The number of alkyl halides is 1. The molecule has 0 spiro atoms. The molecule has 3 rings (SSSR count). The Morgan fingerprint density at radius 2 is 2.06 bits per heavy atom. The van der Waals surface area contributed by atoms with Crippen LogP contribution in [0.5, 0.6) is 0 Å². The van der Waals surface area contributed by atoms with Crippen molar-refractivity contribution in [3.8, 4) is 0 Å². The van der Waals surface area contributed by atoms with Gasteiger partial charge in [-0.05, 0) is 24.3 Å². The van der Waals surface area contributed by atoms with Crippen molar-refractivity contribution in [2.24, 2.45) is 5.92 Å². The van der Waals surface area contributed by atoms with Crippen LogP contribution in [0.3, 0.4) is 0 Å². The molecule has 2 nitrogen and oxygen atoms in total. The first-order valence-corrected chi connectivity index (χ1v) is 6.03. The summed E-state index contributed by atoms with van der Waals surface area (Å²) < 4.78 is 5.14. The van der Waals surface area contributed by atoms with E-state index in [1.54, 1.807) is 0 Å². The fraction of sp³-hybridized carbons (Fsp3) is 0.462. The van der Waals surface area contributed by atoms with E-state index in [0.29, 0.717) is 6.61 Å². The molecule has 0 bridgehead atoms. The van der Waals surface area contributed by atoms with Crippen LogP contribution in [-0.2, 0) is 9.53 Å². The molecule has 1 heterocycles. The highest BCUT2D eigenvalue weighted by Gasteiger charge is 2.70. The highest BCUT2D eigenvalue weighted by molar-refractivity contribution is 6.38. The molecule has 0 radical (unpaired) electrons. The zero-order chi connectivity index (χ0) is 11.2. The number of halogens is 1. The van der Waals surface area contributed by atoms with Crippen LogP contribution in [-0.4, -0.2) is 17.5 Å². The first-order valence-electron chi connectivity index (χ1n) is 5.65. The molecule has 1 saturated heterocycles. The van der Waals surface area contributed by atoms with Crippen LogP contribution in [0.2, 0.25) is 0 Å². The van der Waals surface area contributed by atoms with Gasteiger partial charge in [-0.15, -0.1) is 11.6 Å². The van der Waals surface area contributed by atoms with E-state index < -0.39 is 4.87 Å². The Kier molecular flexibility index (Phi) is 2.21. The fourth-order valence-corrected chi connectivity index (χ4v) is 3.30. The van der Waals surface area contributed by atoms with E-state index >= 15 is 0 Å². The van der Waals surface area contributed by atoms with Crippen LogP contribution >= 0.6 is 11.6 Å². The maximum atomic E-state index is 11.8. The molecule has 0 N–H and O–H groups in total. The Morgan fingerprint density at radius 1 is 1.31 bits per heavy atom. The zero-order valence-electron chi connectivity index (χ0n) is 8.86. The van der Waals surface area contributed by atoms with Gasteiger partial charge in [-0.2, -0.15) is 0 Å². The molecule has 0 aromatic heterocycles. The van der Waals surface area contributed by atoms with Crippen molar-refractivity contribution in [2.75, 3.05) is 6.61 Å². The number of hydrogen-bond donors (Lipinski definition) is 0. The number of benzene rings is 1. The van der Waals surface area contributed by atoms with Crippen molar-refractivity contribution in [3.05, 3.63) is 35.9 Å². The number of fused-ring (bicyclic) bond motifs is 1. The standard InChI is InChI=1S/C13H13ClO2/c14-13-10(7-4-8-16-12(13)15)11(13)9-5-2-1-3-6-9/h1-3,5-6,10-11H,4,7-8H2/t10-,11-,13+/m1/s1. The number of esters is 1. The number of rotatable bonds is 1. The van der Waals surface area contributed by atoms with Gasteiger partial charge in [0.25, 0.3) is 0 Å². The van der Waals surface area contributed by atoms with E-state index in [2.05, 4.69) is 0 Å². The van der Waals surface area contributed by atoms with Crippen LogP contribution in [0.25, 0.3) is 0 Å². The van der Waals surface area contributed by atoms with Crippen molar-refractivity contribution in [1.29, 1.82) is 0 Å². The summed E-state index contributed by atoms with van der Waals surface area (Å²) in [5.41, 5.74) is 1.15. The van der Waals surface area contributed by atoms with Gasteiger partial charge in [0, 0.05) is 5.92 Å². The molecular weight excluding hydrogens is 224 g/mol. The monoisotopic (exact) mass is 236 g/mol. The molecule has 16 heavy (non-hydrogen) atoms. The van der Waals surface area contributed by atoms with Gasteiger partial charge in [-0.1, -0.05) is 30.3 Å². The Labute approximate surface area is 99.6 Å². The quantitative estimate of drug-likeness (QED) is 0.554. The highest BCUT2D eigenvalue weighted by atomic mass is 35.5. The zero-order valence-corrected chi connectivity index (χ0v) is 9.61. The summed E-state index contributed by atoms with van der Waals surface area (Å²) in [5.74, 6) is 0.167. The van der Waals surface area contributed by atoms with Gasteiger partial charge in [-0.25, -0.2) is 0 Å². The molecule has 3 heteroatoms. The lowest BCUT2D eigenvalue weighted by atomic mass is 10.1. The van der Waals surface area contributed by atoms with E-state index in [1.165, 1.54) is 0 Å². The Hall–Kier alpha value is -1.02. The summed E-state index contributed by atoms with van der Waals surface area (Å²) in [4.78, 5) is 11.0. The minimum Gasteiger partial charge on any atom is -0.464 e. The Morgan fingerprint density at radius 3 is 2.81 bits per heavy atom. The maximum Gasteiger partial charge on any atom is 0.328 e. The molecular formula is C13H13ClO2. The van der Waals surface area contributed by atoms with Crippen LogP contribution in [0.4, 0.5) is 0 Å². The molecule has 84 valence electrons. The average Bonchev–Trinajstić information content (AvgIpc) is 2.94. The van der Waals surface area contributed by atoms with Crippen molar-refractivity contribution in [2.45, 2.75) is 23.6 Å². The number of ether oxygens (including phenoxy) is 1. The third-order valence-corrected chi connectivity index (χ3v) is 4.32. The van der Waals surface area contributed by atoms with E-state index in [-0.39, 0.29) is 17.8 Å². The van der Waals surface area contributed by atoms with Gasteiger partial charge in [0.2, 0.25) is 0 Å². The van der Waals surface area contributed by atoms with Crippen molar-refractivity contribution in [1.82, 2.24) is 0 Å². The normalized spacial score (nSPS) is 37.2. The maximum absolute atomic E-state index is 11.8. The smallest absolute Gasteiger partial charge is 0.328 e. The topological polar surface area (TPSA) is 26.3 Å². The van der Waals surface area contributed by atoms with Gasteiger partial charge in [0.05, 0.1) is 6.61 Å². The highest BCUT2D eigenvalue weighted by Crippen LogP contribution is 2.65. The second-order valence-electron chi connectivity index (χ2n) is 4.54. The first-order chi connectivity index (χ1) is 7.74. The van der Waals surface area contributed by atoms with Crippen LogP contribution in [0.15, 0.2) is 30.3 Å². The van der Waals surface area contributed by atoms with E-state index in [9.17, 15) is 4.79 Å². The molecule has 1 aliphatic heterocycles. The van der Waals surface area contributed by atoms with Gasteiger partial charge in [-0.3, -0.25) is 4.79 Å². The lowest BCUT2D eigenvalue weighted by molar-refractivity contribution is -0.143. The molecule has 1 aromatic rings. The minimum absolute atomic E-state index is 0.142. The van der Waals surface area contributed by atoms with Crippen molar-refractivity contribution >= 4 is 17.6 Å². The molecule has 0 amide bonds. The third-order valence-electron chi connectivity index (χ3n) is 3.65.